The summed E-state index contributed by atoms with van der Waals surface area (Å²) in [7, 11) is 0. The van der Waals surface area contributed by atoms with Gasteiger partial charge in [-0.2, -0.15) is 0 Å². The second kappa shape index (κ2) is 7.17. The van der Waals surface area contributed by atoms with Crippen molar-refractivity contribution in [1.29, 1.82) is 0 Å². The van der Waals surface area contributed by atoms with Crippen molar-refractivity contribution >= 4 is 29.5 Å². The van der Waals surface area contributed by atoms with E-state index in [0.29, 0.717) is 5.69 Å². The first-order valence-electron chi connectivity index (χ1n) is 10.0. The number of hydrogen-bond donors (Lipinski definition) is 2. The van der Waals surface area contributed by atoms with Gasteiger partial charge >= 0.3 is 12.0 Å². The Kier molecular flexibility index (Phi) is 4.80. The lowest BCUT2D eigenvalue weighted by Gasteiger charge is -2.21. The fourth-order valence-corrected chi connectivity index (χ4v) is 4.11. The molecule has 1 aromatic rings. The lowest BCUT2D eigenvalue weighted by Crippen LogP contribution is -2.46. The monoisotopic (exact) mass is 399 g/mol. The van der Waals surface area contributed by atoms with Crippen molar-refractivity contribution in [1.82, 2.24) is 10.2 Å². The van der Waals surface area contributed by atoms with Crippen LogP contribution in [0, 0.1) is 5.92 Å². The molecule has 2 aliphatic carbocycles. The predicted molar refractivity (Wildman–Crippen MR) is 104 cm³/mol. The van der Waals surface area contributed by atoms with Crippen LogP contribution in [0.3, 0.4) is 0 Å². The fraction of sp³-hybridized carbons (Fsp3) is 0.524. The number of aryl methyl sites for hydroxylation is 2. The number of anilines is 1. The van der Waals surface area contributed by atoms with Gasteiger partial charge in [0.2, 0.25) is 0 Å². The van der Waals surface area contributed by atoms with Gasteiger partial charge in [-0.25, -0.2) is 4.79 Å². The summed E-state index contributed by atoms with van der Waals surface area (Å²) in [4.78, 5) is 50.2. The lowest BCUT2D eigenvalue weighted by molar-refractivity contribution is -0.155. The summed E-state index contributed by atoms with van der Waals surface area (Å²) in [5.41, 5.74) is 2.24. The van der Waals surface area contributed by atoms with E-state index in [9.17, 15) is 19.2 Å². The van der Waals surface area contributed by atoms with Gasteiger partial charge in [0, 0.05) is 5.69 Å². The van der Waals surface area contributed by atoms with Crippen LogP contribution in [0.4, 0.5) is 10.5 Å². The van der Waals surface area contributed by atoms with Crippen molar-refractivity contribution in [3.8, 4) is 0 Å². The Morgan fingerprint density at radius 3 is 2.72 bits per heavy atom. The molecule has 1 aliphatic heterocycles. The summed E-state index contributed by atoms with van der Waals surface area (Å²) in [6, 6.07) is 5.18. The van der Waals surface area contributed by atoms with Crippen LogP contribution in [0.15, 0.2) is 18.2 Å². The molecule has 2 N–H and O–H groups in total. The molecular weight excluding hydrogens is 374 g/mol. The topological polar surface area (TPSA) is 105 Å². The third kappa shape index (κ3) is 3.71. The molecule has 8 heteroatoms. The lowest BCUT2D eigenvalue weighted by atomic mass is 9.96. The maximum Gasteiger partial charge on any atom is 0.327 e. The second-order valence-corrected chi connectivity index (χ2v) is 8.26. The molecule has 4 rings (SSSR count). The number of nitrogens with zero attached hydrogens (tertiary/aromatic N) is 1. The Morgan fingerprint density at radius 2 is 2.00 bits per heavy atom. The third-order valence-corrected chi connectivity index (χ3v) is 6.03. The minimum Gasteiger partial charge on any atom is -0.451 e. The zero-order chi connectivity index (χ0) is 20.8. The van der Waals surface area contributed by atoms with Gasteiger partial charge in [0.1, 0.15) is 12.1 Å². The maximum atomic E-state index is 12.6. The van der Waals surface area contributed by atoms with Crippen LogP contribution >= 0.6 is 0 Å². The predicted octanol–water partition coefficient (Wildman–Crippen LogP) is 1.77. The summed E-state index contributed by atoms with van der Waals surface area (Å²) >= 11 is 0. The smallest absolute Gasteiger partial charge is 0.327 e. The van der Waals surface area contributed by atoms with Crippen LogP contribution in [-0.4, -0.2) is 46.9 Å². The summed E-state index contributed by atoms with van der Waals surface area (Å²) in [5, 5.41) is 5.43. The quantitative estimate of drug-likeness (QED) is 0.560. The highest BCUT2D eigenvalue weighted by Gasteiger charge is 2.56. The molecule has 0 aromatic heterocycles. The van der Waals surface area contributed by atoms with Crippen LogP contribution in [0.2, 0.25) is 0 Å². The normalized spacial score (nSPS) is 24.1. The van der Waals surface area contributed by atoms with E-state index < -0.39 is 42.0 Å². The number of imide groups is 1. The largest absolute Gasteiger partial charge is 0.451 e. The molecule has 8 nitrogen and oxygen atoms in total. The van der Waals surface area contributed by atoms with Gasteiger partial charge < -0.3 is 15.4 Å². The zero-order valence-corrected chi connectivity index (χ0v) is 16.6. The molecule has 0 unspecified atom stereocenters. The van der Waals surface area contributed by atoms with Crippen LogP contribution in [0.5, 0.6) is 0 Å². The van der Waals surface area contributed by atoms with Gasteiger partial charge in [0.05, 0.1) is 0 Å². The van der Waals surface area contributed by atoms with Gasteiger partial charge in [-0.3, -0.25) is 19.3 Å². The van der Waals surface area contributed by atoms with Crippen molar-refractivity contribution in [2.45, 2.75) is 57.6 Å². The Morgan fingerprint density at radius 1 is 1.28 bits per heavy atom. The number of carbonyl (C=O) groups is 4. The standard InChI is InChI=1S/C21H25N3O5/c1-12(18(26)22-16-9-6-13-4-3-5-14(13)10-16)29-17(25)11-24-19(27)21(2,15-7-8-15)23-20(24)28/h6,9-10,12,15H,3-5,7-8,11H2,1-2H3,(H,22,26)(H,23,28)/t12-,21+/m1/s1. The number of nitrogens with one attached hydrogen (secondary N) is 2. The molecule has 0 radical (unpaired) electrons. The number of esters is 1. The molecule has 2 atom stereocenters. The van der Waals surface area contributed by atoms with Gasteiger partial charge in [0.15, 0.2) is 6.10 Å². The maximum absolute atomic E-state index is 12.6. The highest BCUT2D eigenvalue weighted by molar-refractivity contribution is 6.09. The first-order valence-corrected chi connectivity index (χ1v) is 10.0. The Bertz CT molecular complexity index is 894. The van der Waals surface area contributed by atoms with Crippen LogP contribution in [0.25, 0.3) is 0 Å². The number of urea groups is 1. The van der Waals surface area contributed by atoms with Gasteiger partial charge in [-0.15, -0.1) is 0 Å². The zero-order valence-electron chi connectivity index (χ0n) is 16.6. The molecule has 3 aliphatic rings. The van der Waals surface area contributed by atoms with E-state index in [1.165, 1.54) is 18.1 Å². The molecule has 154 valence electrons. The molecule has 29 heavy (non-hydrogen) atoms. The van der Waals surface area contributed by atoms with E-state index in [2.05, 4.69) is 10.6 Å². The van der Waals surface area contributed by atoms with Crippen LogP contribution < -0.4 is 10.6 Å². The molecule has 4 amide bonds. The molecule has 1 aromatic carbocycles. The number of ether oxygens (including phenoxy) is 1. The number of amides is 4. The summed E-state index contributed by atoms with van der Waals surface area (Å²) in [5.74, 6) is -1.57. The molecule has 0 bridgehead atoms. The molecule has 1 heterocycles. The number of benzene rings is 1. The van der Waals surface area contributed by atoms with E-state index in [-0.39, 0.29) is 5.92 Å². The third-order valence-electron chi connectivity index (χ3n) is 6.03. The fourth-order valence-electron chi connectivity index (χ4n) is 4.11. The van der Waals surface area contributed by atoms with Crippen molar-refractivity contribution < 1.29 is 23.9 Å². The van der Waals surface area contributed by atoms with E-state index in [1.807, 2.05) is 18.2 Å². The van der Waals surface area contributed by atoms with Crippen LogP contribution in [-0.2, 0) is 32.0 Å². The second-order valence-electron chi connectivity index (χ2n) is 8.26. The summed E-state index contributed by atoms with van der Waals surface area (Å²) in [6.45, 7) is 2.63. The highest BCUT2D eigenvalue weighted by Crippen LogP contribution is 2.42. The highest BCUT2D eigenvalue weighted by atomic mass is 16.5. The average molecular weight is 399 g/mol. The molecule has 2 fully saturated rings. The van der Waals surface area contributed by atoms with Gasteiger partial charge in [0.25, 0.3) is 11.8 Å². The molecular formula is C21H25N3O5. The van der Waals surface area contributed by atoms with Gasteiger partial charge in [-0.1, -0.05) is 6.07 Å². The Hall–Kier alpha value is -2.90. The van der Waals surface area contributed by atoms with E-state index >= 15 is 0 Å². The molecule has 0 spiro atoms. The van der Waals surface area contributed by atoms with Crippen LogP contribution in [0.1, 0.15) is 44.2 Å². The van der Waals surface area contributed by atoms with Crippen molar-refractivity contribution in [3.05, 3.63) is 29.3 Å². The first-order chi connectivity index (χ1) is 13.8. The summed E-state index contributed by atoms with van der Waals surface area (Å²) < 4.78 is 5.16. The minimum absolute atomic E-state index is 0.108. The number of fused-ring (bicyclic) bond motifs is 1. The number of carbonyl (C=O) groups excluding carboxylic acids is 4. The Labute approximate surface area is 169 Å². The average Bonchev–Trinajstić information content (AvgIpc) is 3.39. The SMILES string of the molecule is C[C@@H](OC(=O)CN1C(=O)N[C@@](C)(C2CC2)C1=O)C(=O)Nc1ccc2c(c1)CCC2. The van der Waals surface area contributed by atoms with E-state index in [4.69, 9.17) is 4.74 Å². The van der Waals surface area contributed by atoms with Crippen molar-refractivity contribution in [2.24, 2.45) is 5.92 Å². The van der Waals surface area contributed by atoms with E-state index in [1.54, 1.807) is 6.92 Å². The molecule has 1 saturated carbocycles. The summed E-state index contributed by atoms with van der Waals surface area (Å²) in [6.07, 6.45) is 3.87. The first kappa shape index (κ1) is 19.4. The Balaban J connectivity index is 1.31. The van der Waals surface area contributed by atoms with Gasteiger partial charge in [-0.05, 0) is 75.1 Å². The minimum atomic E-state index is -1.05. The van der Waals surface area contributed by atoms with E-state index in [0.717, 1.165) is 37.0 Å². The number of hydrogen-bond acceptors (Lipinski definition) is 5. The van der Waals surface area contributed by atoms with Crippen molar-refractivity contribution in [3.63, 3.8) is 0 Å². The number of rotatable bonds is 6. The van der Waals surface area contributed by atoms with Crippen molar-refractivity contribution in [2.75, 3.05) is 11.9 Å². The molecule has 1 saturated heterocycles.